The summed E-state index contributed by atoms with van der Waals surface area (Å²) in [6, 6.07) is 19.1. The van der Waals surface area contributed by atoms with E-state index in [9.17, 15) is 4.79 Å². The number of ether oxygens (including phenoxy) is 2. The fraction of sp³-hybridized carbons (Fsp3) is 0.658. The van der Waals surface area contributed by atoms with Crippen LogP contribution in [-0.2, 0) is 22.5 Å². The van der Waals surface area contributed by atoms with E-state index < -0.39 is 0 Å². The number of quaternary nitrogens is 1. The van der Waals surface area contributed by atoms with E-state index >= 15 is 0 Å². The van der Waals surface area contributed by atoms with Gasteiger partial charge in [-0.3, -0.25) is 4.79 Å². The van der Waals surface area contributed by atoms with Crippen molar-refractivity contribution in [3.8, 4) is 5.75 Å². The lowest BCUT2D eigenvalue weighted by molar-refractivity contribution is -0.906. The molecule has 0 aliphatic rings. The molecule has 0 radical (unpaired) electrons. The van der Waals surface area contributed by atoms with Crippen molar-refractivity contribution in [2.24, 2.45) is 5.92 Å². The van der Waals surface area contributed by atoms with Crippen LogP contribution in [0.1, 0.15) is 121 Å². The molecule has 1 unspecified atom stereocenters. The molecule has 2 aromatic carbocycles. The Morgan fingerprint density at radius 2 is 1.29 bits per heavy atom. The lowest BCUT2D eigenvalue weighted by Gasteiger charge is -2.32. The van der Waals surface area contributed by atoms with Crippen LogP contribution in [0, 0.1) is 5.92 Å². The Bertz CT molecular complexity index is 942. The molecule has 0 aromatic heterocycles. The van der Waals surface area contributed by atoms with Crippen LogP contribution in [0.4, 0.5) is 0 Å². The molecule has 0 aliphatic carbocycles. The molecule has 2 aromatic rings. The molecule has 236 valence electrons. The predicted octanol–water partition coefficient (Wildman–Crippen LogP) is 9.94. The third-order valence-corrected chi connectivity index (χ3v) is 8.26. The molecule has 0 amide bonds. The third-order valence-electron chi connectivity index (χ3n) is 8.26. The average Bonchev–Trinajstić information content (AvgIpc) is 2.98. The lowest BCUT2D eigenvalue weighted by Crippen LogP contribution is -2.44. The summed E-state index contributed by atoms with van der Waals surface area (Å²) in [6.45, 7) is 7.16. The van der Waals surface area contributed by atoms with Crippen LogP contribution in [0.3, 0.4) is 0 Å². The standard InChI is InChI=1S/C38H62NO3/c1-5-7-8-9-10-11-12-13-14-15-16-18-24-34-27-23-28-37(31-34)41-29-21-22-30-42-38(40)36(6-2)33-39(3,4)32-35-25-19-17-20-26-35/h17,19-20,23,25-28,31,36H,5-16,18,21-22,24,29-30,32-33H2,1-4H3/q+1. The highest BCUT2D eigenvalue weighted by Crippen LogP contribution is 2.19. The Morgan fingerprint density at radius 1 is 0.690 bits per heavy atom. The van der Waals surface area contributed by atoms with E-state index in [0.29, 0.717) is 13.2 Å². The van der Waals surface area contributed by atoms with E-state index in [1.165, 1.54) is 88.2 Å². The maximum atomic E-state index is 12.8. The van der Waals surface area contributed by atoms with E-state index in [1.54, 1.807) is 0 Å². The van der Waals surface area contributed by atoms with Gasteiger partial charge in [0.05, 0.1) is 33.9 Å². The first-order valence-corrected chi connectivity index (χ1v) is 17.2. The van der Waals surface area contributed by atoms with E-state index in [4.69, 9.17) is 9.47 Å². The Labute approximate surface area is 258 Å². The number of rotatable bonds is 25. The van der Waals surface area contributed by atoms with Gasteiger partial charge in [-0.25, -0.2) is 0 Å². The molecule has 4 heteroatoms. The highest BCUT2D eigenvalue weighted by Gasteiger charge is 2.27. The molecule has 42 heavy (non-hydrogen) atoms. The predicted molar refractivity (Wildman–Crippen MR) is 178 cm³/mol. The number of hydrogen-bond donors (Lipinski definition) is 0. The molecule has 0 heterocycles. The van der Waals surface area contributed by atoms with Crippen LogP contribution in [0.15, 0.2) is 54.6 Å². The zero-order valence-corrected chi connectivity index (χ0v) is 27.6. The SMILES string of the molecule is CCCCCCCCCCCCCCc1cccc(OCCCCOC(=O)C(CC)C[N+](C)(C)Cc2ccccc2)c1. The van der Waals surface area contributed by atoms with Gasteiger partial charge < -0.3 is 14.0 Å². The summed E-state index contributed by atoms with van der Waals surface area (Å²) in [6.07, 6.45) is 20.2. The summed E-state index contributed by atoms with van der Waals surface area (Å²) < 4.78 is 12.5. The minimum atomic E-state index is -0.0761. The van der Waals surface area contributed by atoms with Crippen LogP contribution in [-0.4, -0.2) is 44.3 Å². The Morgan fingerprint density at radius 3 is 1.93 bits per heavy atom. The van der Waals surface area contributed by atoms with Crippen LogP contribution in [0.2, 0.25) is 0 Å². The minimum Gasteiger partial charge on any atom is -0.494 e. The van der Waals surface area contributed by atoms with E-state index in [-0.39, 0.29) is 11.9 Å². The first-order valence-electron chi connectivity index (χ1n) is 17.2. The molecule has 0 bridgehead atoms. The monoisotopic (exact) mass is 580 g/mol. The van der Waals surface area contributed by atoms with Crippen molar-refractivity contribution in [1.29, 1.82) is 0 Å². The molecule has 0 saturated heterocycles. The molecular formula is C38H62NO3+. The molecule has 1 atom stereocenters. The van der Waals surface area contributed by atoms with Crippen molar-refractivity contribution in [1.82, 2.24) is 0 Å². The molecular weight excluding hydrogens is 518 g/mol. The molecule has 2 rings (SSSR count). The summed E-state index contributed by atoms with van der Waals surface area (Å²) in [5.41, 5.74) is 2.66. The van der Waals surface area contributed by atoms with Gasteiger partial charge in [-0.1, -0.05) is 127 Å². The number of carbonyl (C=O) groups excluding carboxylic acids is 1. The number of nitrogens with zero attached hydrogens (tertiary/aromatic N) is 1. The minimum absolute atomic E-state index is 0.0665. The van der Waals surface area contributed by atoms with Gasteiger partial charge in [-0.2, -0.15) is 0 Å². The number of esters is 1. The second-order valence-electron chi connectivity index (χ2n) is 12.9. The van der Waals surface area contributed by atoms with Gasteiger partial charge in [0, 0.05) is 5.56 Å². The van der Waals surface area contributed by atoms with Gasteiger partial charge in [0.25, 0.3) is 0 Å². The second-order valence-corrected chi connectivity index (χ2v) is 12.9. The van der Waals surface area contributed by atoms with Crippen molar-refractivity contribution in [2.75, 3.05) is 33.9 Å². The van der Waals surface area contributed by atoms with Gasteiger partial charge in [-0.05, 0) is 49.8 Å². The van der Waals surface area contributed by atoms with Crippen molar-refractivity contribution >= 4 is 5.97 Å². The number of carbonyl (C=O) groups is 1. The molecule has 0 spiro atoms. The van der Waals surface area contributed by atoms with Crippen LogP contribution in [0.5, 0.6) is 5.75 Å². The molecule has 0 N–H and O–H groups in total. The lowest BCUT2D eigenvalue weighted by atomic mass is 10.0. The van der Waals surface area contributed by atoms with Gasteiger partial charge in [0.1, 0.15) is 18.2 Å². The van der Waals surface area contributed by atoms with Gasteiger partial charge in [0.2, 0.25) is 0 Å². The number of benzene rings is 2. The maximum Gasteiger partial charge on any atom is 0.314 e. The zero-order chi connectivity index (χ0) is 30.3. The molecule has 0 aliphatic heterocycles. The van der Waals surface area contributed by atoms with E-state index in [0.717, 1.165) is 49.0 Å². The maximum absolute atomic E-state index is 12.8. The topological polar surface area (TPSA) is 35.5 Å². The summed E-state index contributed by atoms with van der Waals surface area (Å²) in [4.78, 5) is 12.8. The number of hydrogen-bond acceptors (Lipinski definition) is 3. The largest absolute Gasteiger partial charge is 0.494 e. The second kappa shape index (κ2) is 22.2. The normalized spacial score (nSPS) is 12.3. The average molecular weight is 581 g/mol. The number of unbranched alkanes of at least 4 members (excludes halogenated alkanes) is 12. The van der Waals surface area contributed by atoms with E-state index in [2.05, 4.69) is 70.4 Å². The van der Waals surface area contributed by atoms with Gasteiger partial charge in [0.15, 0.2) is 0 Å². The smallest absolute Gasteiger partial charge is 0.314 e. The molecule has 0 fully saturated rings. The summed E-state index contributed by atoms with van der Waals surface area (Å²) in [7, 11) is 4.38. The Kier molecular flexibility index (Phi) is 19.0. The fourth-order valence-electron chi connectivity index (χ4n) is 5.75. The summed E-state index contributed by atoms with van der Waals surface area (Å²) >= 11 is 0. The zero-order valence-electron chi connectivity index (χ0n) is 27.6. The number of aryl methyl sites for hydroxylation is 1. The first-order chi connectivity index (χ1) is 20.4. The Hall–Kier alpha value is -2.33. The van der Waals surface area contributed by atoms with E-state index in [1.807, 2.05) is 12.1 Å². The van der Waals surface area contributed by atoms with Gasteiger partial charge >= 0.3 is 5.97 Å². The third kappa shape index (κ3) is 16.9. The highest BCUT2D eigenvalue weighted by molar-refractivity contribution is 5.72. The Balaban J connectivity index is 1.52. The quantitative estimate of drug-likeness (QED) is 0.0666. The summed E-state index contributed by atoms with van der Waals surface area (Å²) in [5.74, 6) is 0.809. The van der Waals surface area contributed by atoms with Crippen molar-refractivity contribution in [3.05, 3.63) is 65.7 Å². The van der Waals surface area contributed by atoms with Crippen molar-refractivity contribution in [2.45, 2.75) is 123 Å². The van der Waals surface area contributed by atoms with Crippen molar-refractivity contribution in [3.63, 3.8) is 0 Å². The van der Waals surface area contributed by atoms with Crippen LogP contribution in [0.25, 0.3) is 0 Å². The molecule has 0 saturated carbocycles. The van der Waals surface area contributed by atoms with Crippen molar-refractivity contribution < 1.29 is 18.8 Å². The highest BCUT2D eigenvalue weighted by atomic mass is 16.5. The summed E-state index contributed by atoms with van der Waals surface area (Å²) in [5, 5.41) is 0. The van der Waals surface area contributed by atoms with Gasteiger partial charge in [-0.15, -0.1) is 0 Å². The first kappa shape index (κ1) is 35.9. The fourth-order valence-corrected chi connectivity index (χ4v) is 5.75. The van der Waals surface area contributed by atoms with Crippen LogP contribution >= 0.6 is 0 Å². The van der Waals surface area contributed by atoms with Crippen LogP contribution < -0.4 is 4.74 Å². The molecule has 4 nitrogen and oxygen atoms in total.